The molecule has 4 heterocycles. The van der Waals surface area contributed by atoms with Crippen molar-refractivity contribution in [1.29, 1.82) is 0 Å². The second-order valence-corrected chi connectivity index (χ2v) is 7.50. The summed E-state index contributed by atoms with van der Waals surface area (Å²) in [4.78, 5) is 0. The van der Waals surface area contributed by atoms with E-state index in [0.717, 1.165) is 39.3 Å². The minimum absolute atomic E-state index is 1.16. The molecule has 4 aliphatic heterocycles. The number of rotatable bonds is 3. The van der Waals surface area contributed by atoms with Crippen LogP contribution in [0.3, 0.4) is 0 Å². The molecule has 6 heteroatoms. The van der Waals surface area contributed by atoms with E-state index < -0.39 is 7.51 Å². The molecular formula is C6H12N3O2P. The van der Waals surface area contributed by atoms with Crippen LogP contribution in [0.2, 0.25) is 0 Å². The summed E-state index contributed by atoms with van der Waals surface area (Å²) in [6.07, 6.45) is 0. The van der Waals surface area contributed by atoms with Crippen LogP contribution in [0.5, 0.6) is 0 Å². The zero-order valence-electron chi connectivity index (χ0n) is 6.85. The van der Waals surface area contributed by atoms with Crippen LogP contribution in [0.4, 0.5) is 0 Å². The second kappa shape index (κ2) is 1.59. The molecule has 0 aliphatic carbocycles. The van der Waals surface area contributed by atoms with Crippen molar-refractivity contribution in [2.75, 3.05) is 39.3 Å². The fourth-order valence-electron chi connectivity index (χ4n) is 2.02. The second-order valence-electron chi connectivity index (χ2n) is 3.84. The van der Waals surface area contributed by atoms with Crippen LogP contribution in [0.15, 0.2) is 0 Å². The van der Waals surface area contributed by atoms with E-state index in [4.69, 9.17) is 9.35 Å². The molecule has 4 rings (SSSR count). The molecule has 0 bridgehead atoms. The van der Waals surface area contributed by atoms with Gasteiger partial charge in [-0.05, 0) is 0 Å². The summed E-state index contributed by atoms with van der Waals surface area (Å²) < 4.78 is 18.1. The van der Waals surface area contributed by atoms with E-state index in [1.54, 1.807) is 0 Å². The van der Waals surface area contributed by atoms with Crippen molar-refractivity contribution >= 4 is 7.51 Å². The first-order chi connectivity index (χ1) is 5.86. The van der Waals surface area contributed by atoms with E-state index in [0.29, 0.717) is 0 Å². The summed E-state index contributed by atoms with van der Waals surface area (Å²) in [5, 5.41) is 0. The number of hydrogen-bond donors (Lipinski definition) is 0. The van der Waals surface area contributed by atoms with Crippen LogP contribution < -0.4 is 0 Å². The zero-order valence-corrected chi connectivity index (χ0v) is 7.74. The molecule has 0 N–H and O–H groups in total. The predicted molar refractivity (Wildman–Crippen MR) is 43.8 cm³/mol. The Morgan fingerprint density at radius 1 is 0.667 bits per heavy atom. The van der Waals surface area contributed by atoms with Crippen molar-refractivity contribution in [3.8, 4) is 0 Å². The number of nitrogens with zero attached hydrogens (tertiary/aromatic N) is 3. The Morgan fingerprint density at radius 3 is 1.17 bits per heavy atom. The topological polar surface area (TPSA) is 34.1 Å². The number of hydrogen-bond acceptors (Lipinski definition) is 5. The molecule has 0 radical (unpaired) electrons. The first-order valence-corrected chi connectivity index (χ1v) is 6.46. The van der Waals surface area contributed by atoms with Gasteiger partial charge in [-0.2, -0.15) is 0 Å². The zero-order chi connectivity index (χ0) is 7.84. The molecule has 5 nitrogen and oxygen atoms in total. The molecule has 0 aromatic heterocycles. The molecule has 68 valence electrons. The van der Waals surface area contributed by atoms with Gasteiger partial charge >= 0.3 is 70.1 Å². The van der Waals surface area contributed by atoms with E-state index in [2.05, 4.69) is 14.0 Å². The Bertz CT molecular complexity index is 219. The third-order valence-electron chi connectivity index (χ3n) is 3.00. The van der Waals surface area contributed by atoms with Crippen molar-refractivity contribution in [2.24, 2.45) is 0 Å². The first kappa shape index (κ1) is 6.65. The molecule has 0 amide bonds. The summed E-state index contributed by atoms with van der Waals surface area (Å²) in [5.41, 5.74) is 0. The summed E-state index contributed by atoms with van der Waals surface area (Å²) in [6, 6.07) is 0. The molecule has 0 unspecified atom stereocenters. The van der Waals surface area contributed by atoms with Crippen LogP contribution >= 0.6 is 7.51 Å². The standard InChI is InChI=1S/C6H12N3O2P/c1-2-7(1)12(10-11-12,8-3-4-8)9-5-6-9/h1-6H2. The van der Waals surface area contributed by atoms with E-state index in [9.17, 15) is 0 Å². The van der Waals surface area contributed by atoms with E-state index >= 15 is 0 Å². The van der Waals surface area contributed by atoms with Crippen molar-refractivity contribution in [2.45, 2.75) is 0 Å². The van der Waals surface area contributed by atoms with Crippen molar-refractivity contribution < 1.29 is 9.35 Å². The third kappa shape index (κ3) is 0.538. The van der Waals surface area contributed by atoms with E-state index in [1.807, 2.05) is 0 Å². The van der Waals surface area contributed by atoms with Crippen molar-refractivity contribution in [3.63, 3.8) is 0 Å². The fourth-order valence-corrected chi connectivity index (χ4v) is 6.34. The minimum atomic E-state index is -2.37. The molecule has 4 saturated heterocycles. The maximum atomic E-state index is 5.46. The molecule has 0 spiro atoms. The van der Waals surface area contributed by atoms with E-state index in [1.165, 1.54) is 0 Å². The molecular weight excluding hydrogens is 177 g/mol. The van der Waals surface area contributed by atoms with Gasteiger partial charge in [-0.1, -0.05) is 0 Å². The van der Waals surface area contributed by atoms with Crippen LogP contribution in [0.1, 0.15) is 0 Å². The van der Waals surface area contributed by atoms with Crippen molar-refractivity contribution in [3.05, 3.63) is 0 Å². The Kier molecular flexibility index (Phi) is 0.878. The van der Waals surface area contributed by atoms with Crippen LogP contribution in [0, 0.1) is 0 Å². The Hall–Kier alpha value is 0.230. The molecule has 4 fully saturated rings. The van der Waals surface area contributed by atoms with Crippen LogP contribution in [-0.2, 0) is 9.35 Å². The SMILES string of the molecule is C1CN1P1(N2CC2)(N2CC2)OO1. The molecule has 0 saturated carbocycles. The monoisotopic (exact) mass is 189 g/mol. The summed E-state index contributed by atoms with van der Waals surface area (Å²) in [6.45, 7) is 6.95. The summed E-state index contributed by atoms with van der Waals surface area (Å²) >= 11 is 0. The van der Waals surface area contributed by atoms with Gasteiger partial charge in [-0.3, -0.25) is 0 Å². The van der Waals surface area contributed by atoms with Crippen LogP contribution in [0.25, 0.3) is 0 Å². The maximum absolute atomic E-state index is 5.46. The third-order valence-corrected chi connectivity index (χ3v) is 7.65. The van der Waals surface area contributed by atoms with Gasteiger partial charge in [0.2, 0.25) is 0 Å². The van der Waals surface area contributed by atoms with Gasteiger partial charge < -0.3 is 0 Å². The van der Waals surface area contributed by atoms with Gasteiger partial charge in [-0.25, -0.2) is 0 Å². The van der Waals surface area contributed by atoms with E-state index in [-0.39, 0.29) is 0 Å². The summed E-state index contributed by atoms with van der Waals surface area (Å²) in [7, 11) is -2.37. The molecule has 12 heavy (non-hydrogen) atoms. The molecule has 0 aromatic rings. The van der Waals surface area contributed by atoms with Crippen molar-refractivity contribution in [1.82, 2.24) is 14.0 Å². The van der Waals surface area contributed by atoms with Gasteiger partial charge in [0.05, 0.1) is 0 Å². The van der Waals surface area contributed by atoms with Gasteiger partial charge in [0.25, 0.3) is 0 Å². The van der Waals surface area contributed by atoms with Gasteiger partial charge in [0.1, 0.15) is 0 Å². The first-order valence-electron chi connectivity index (χ1n) is 4.53. The van der Waals surface area contributed by atoms with Gasteiger partial charge in [-0.15, -0.1) is 0 Å². The molecule has 0 atom stereocenters. The summed E-state index contributed by atoms with van der Waals surface area (Å²) in [5.74, 6) is 0. The average Bonchev–Trinajstić information content (AvgIpc) is 2.76. The quantitative estimate of drug-likeness (QED) is 0.355. The Labute approximate surface area is 71.0 Å². The molecule has 0 aromatic carbocycles. The van der Waals surface area contributed by atoms with Gasteiger partial charge in [0.15, 0.2) is 0 Å². The fraction of sp³-hybridized carbons (Fsp3) is 1.00. The average molecular weight is 189 g/mol. The normalized spacial score (nSPS) is 46.2. The predicted octanol–water partition coefficient (Wildman–Crippen LogP) is 0.0233. The Balaban J connectivity index is 1.80. The molecule has 4 aliphatic rings. The van der Waals surface area contributed by atoms with Gasteiger partial charge in [0, 0.05) is 0 Å². The Morgan fingerprint density at radius 2 is 1.00 bits per heavy atom. The van der Waals surface area contributed by atoms with Crippen LogP contribution in [-0.4, -0.2) is 53.3 Å².